The summed E-state index contributed by atoms with van der Waals surface area (Å²) in [7, 11) is 0. The number of hydrogen-bond acceptors (Lipinski definition) is 5. The highest BCUT2D eigenvalue weighted by atomic mass is 32.1. The molecule has 0 aliphatic heterocycles. The van der Waals surface area contributed by atoms with Gasteiger partial charge in [0.15, 0.2) is 0 Å². The molecule has 3 aromatic rings. The molecule has 0 saturated carbocycles. The number of benzene rings is 1. The van der Waals surface area contributed by atoms with Gasteiger partial charge in [-0.25, -0.2) is 15.0 Å². The molecule has 4 nitrogen and oxygen atoms in total. The van der Waals surface area contributed by atoms with E-state index in [1.165, 1.54) is 30.4 Å². The Balaban J connectivity index is 1.50. The maximum atomic E-state index is 4.61. The number of anilines is 1. The van der Waals surface area contributed by atoms with E-state index in [1.807, 2.05) is 18.5 Å². The number of allylic oxidation sites excluding steroid dienone is 1. The van der Waals surface area contributed by atoms with Gasteiger partial charge >= 0.3 is 0 Å². The van der Waals surface area contributed by atoms with Crippen LogP contribution in [-0.2, 0) is 0 Å². The summed E-state index contributed by atoms with van der Waals surface area (Å²) in [5.74, 6) is 1.70. The number of aryl methyl sites for hydroxylation is 1. The topological polar surface area (TPSA) is 50.7 Å². The Bertz CT molecular complexity index is 913. The van der Waals surface area contributed by atoms with Crippen molar-refractivity contribution in [1.82, 2.24) is 15.0 Å². The normalized spacial score (nSPS) is 14.5. The number of thiazole rings is 1. The van der Waals surface area contributed by atoms with E-state index in [1.54, 1.807) is 16.9 Å². The first-order valence-corrected chi connectivity index (χ1v) is 9.77. The molecule has 2 heterocycles. The van der Waals surface area contributed by atoms with Crippen molar-refractivity contribution in [3.05, 3.63) is 47.2 Å². The average molecular weight is 350 g/mol. The average Bonchev–Trinajstić information content (AvgIpc) is 3.10. The van der Waals surface area contributed by atoms with Crippen LogP contribution in [0, 0.1) is 6.92 Å². The second-order valence-electron chi connectivity index (χ2n) is 6.51. The SMILES string of the molecule is Cc1nc(NCCC2=CCCCC2)cc(-c2ccc3ncsc3c2)n1. The van der Waals surface area contributed by atoms with Gasteiger partial charge in [-0.3, -0.25) is 0 Å². The van der Waals surface area contributed by atoms with Crippen LogP contribution in [-0.4, -0.2) is 21.5 Å². The highest BCUT2D eigenvalue weighted by Crippen LogP contribution is 2.26. The Morgan fingerprint density at radius 3 is 3.00 bits per heavy atom. The molecule has 1 N–H and O–H groups in total. The smallest absolute Gasteiger partial charge is 0.130 e. The summed E-state index contributed by atoms with van der Waals surface area (Å²) in [6.07, 6.45) is 8.69. The number of nitrogens with one attached hydrogen (secondary N) is 1. The van der Waals surface area contributed by atoms with Gasteiger partial charge in [0.05, 0.1) is 21.4 Å². The third-order valence-corrected chi connectivity index (χ3v) is 5.39. The first-order valence-electron chi connectivity index (χ1n) is 8.89. The van der Waals surface area contributed by atoms with E-state index in [0.717, 1.165) is 41.4 Å². The molecular formula is C20H22N4S. The van der Waals surface area contributed by atoms with Crippen molar-refractivity contribution in [3.8, 4) is 11.3 Å². The standard InChI is InChI=1S/C20H22N4S/c1-14-23-18(16-7-8-17-19(11-16)25-13-22-17)12-20(24-14)21-10-9-15-5-3-2-4-6-15/h5,7-8,11-13H,2-4,6,9-10H2,1H3,(H,21,23,24). The Morgan fingerprint density at radius 1 is 1.16 bits per heavy atom. The zero-order valence-corrected chi connectivity index (χ0v) is 15.3. The van der Waals surface area contributed by atoms with Crippen LogP contribution in [0.2, 0.25) is 0 Å². The summed E-state index contributed by atoms with van der Waals surface area (Å²) in [6.45, 7) is 2.87. The minimum atomic E-state index is 0.793. The lowest BCUT2D eigenvalue weighted by Gasteiger charge is -2.13. The Kier molecular flexibility index (Phi) is 4.74. The summed E-state index contributed by atoms with van der Waals surface area (Å²) in [5, 5.41) is 3.47. The monoisotopic (exact) mass is 350 g/mol. The number of aromatic nitrogens is 3. The second kappa shape index (κ2) is 7.31. The van der Waals surface area contributed by atoms with E-state index < -0.39 is 0 Å². The number of fused-ring (bicyclic) bond motifs is 1. The van der Waals surface area contributed by atoms with E-state index in [2.05, 4.69) is 44.5 Å². The van der Waals surface area contributed by atoms with Crippen LogP contribution in [0.25, 0.3) is 21.5 Å². The van der Waals surface area contributed by atoms with Crippen LogP contribution in [0.15, 0.2) is 41.4 Å². The van der Waals surface area contributed by atoms with E-state index in [0.29, 0.717) is 0 Å². The zero-order chi connectivity index (χ0) is 17.1. The molecule has 0 unspecified atom stereocenters. The summed E-state index contributed by atoms with van der Waals surface area (Å²) >= 11 is 1.66. The van der Waals surface area contributed by atoms with Gasteiger partial charge < -0.3 is 5.32 Å². The molecule has 0 atom stereocenters. The third kappa shape index (κ3) is 3.87. The van der Waals surface area contributed by atoms with Crippen molar-refractivity contribution in [2.24, 2.45) is 0 Å². The van der Waals surface area contributed by atoms with Gasteiger partial charge in [0.25, 0.3) is 0 Å². The zero-order valence-electron chi connectivity index (χ0n) is 14.5. The molecule has 1 aromatic carbocycles. The van der Waals surface area contributed by atoms with E-state index >= 15 is 0 Å². The van der Waals surface area contributed by atoms with Gasteiger partial charge in [0.1, 0.15) is 11.6 Å². The lowest BCUT2D eigenvalue weighted by Crippen LogP contribution is -2.07. The summed E-state index contributed by atoms with van der Waals surface area (Å²) in [4.78, 5) is 13.5. The number of rotatable bonds is 5. The maximum Gasteiger partial charge on any atom is 0.130 e. The van der Waals surface area contributed by atoms with Gasteiger partial charge in [-0.2, -0.15) is 0 Å². The van der Waals surface area contributed by atoms with Gasteiger partial charge in [0, 0.05) is 18.2 Å². The van der Waals surface area contributed by atoms with Crippen molar-refractivity contribution in [3.63, 3.8) is 0 Å². The molecule has 0 amide bonds. The fourth-order valence-corrected chi connectivity index (χ4v) is 4.02. The molecule has 25 heavy (non-hydrogen) atoms. The summed E-state index contributed by atoms with van der Waals surface area (Å²) in [5.41, 5.74) is 6.58. The molecule has 0 bridgehead atoms. The molecular weight excluding hydrogens is 328 g/mol. The fourth-order valence-electron chi connectivity index (χ4n) is 3.30. The first-order chi connectivity index (χ1) is 12.3. The quantitative estimate of drug-likeness (QED) is 0.629. The number of hydrogen-bond donors (Lipinski definition) is 1. The molecule has 0 radical (unpaired) electrons. The Labute approximate surface area is 152 Å². The highest BCUT2D eigenvalue weighted by molar-refractivity contribution is 7.16. The van der Waals surface area contributed by atoms with Crippen LogP contribution < -0.4 is 5.32 Å². The van der Waals surface area contributed by atoms with E-state index in [-0.39, 0.29) is 0 Å². The van der Waals surface area contributed by atoms with Gasteiger partial charge in [0.2, 0.25) is 0 Å². The molecule has 1 aliphatic carbocycles. The Hall–Kier alpha value is -2.27. The predicted molar refractivity (Wildman–Crippen MR) is 105 cm³/mol. The molecule has 4 rings (SSSR count). The largest absolute Gasteiger partial charge is 0.370 e. The van der Waals surface area contributed by atoms with Crippen LogP contribution in [0.1, 0.15) is 37.9 Å². The minimum absolute atomic E-state index is 0.793. The third-order valence-electron chi connectivity index (χ3n) is 4.60. The van der Waals surface area contributed by atoms with Gasteiger partial charge in [-0.05, 0) is 51.2 Å². The molecule has 128 valence electrons. The molecule has 0 spiro atoms. The number of nitrogens with zero attached hydrogens (tertiary/aromatic N) is 3. The summed E-state index contributed by atoms with van der Waals surface area (Å²) < 4.78 is 1.19. The molecule has 5 heteroatoms. The van der Waals surface area contributed by atoms with Gasteiger partial charge in [-0.15, -0.1) is 11.3 Å². The predicted octanol–water partition coefficient (Wildman–Crippen LogP) is 5.36. The van der Waals surface area contributed by atoms with Crippen molar-refractivity contribution in [1.29, 1.82) is 0 Å². The van der Waals surface area contributed by atoms with Crippen LogP contribution >= 0.6 is 11.3 Å². The lowest BCUT2D eigenvalue weighted by molar-refractivity contribution is 0.679. The van der Waals surface area contributed by atoms with E-state index in [9.17, 15) is 0 Å². The maximum absolute atomic E-state index is 4.61. The molecule has 2 aromatic heterocycles. The molecule has 0 saturated heterocycles. The summed E-state index contributed by atoms with van der Waals surface area (Å²) in [6, 6.07) is 8.34. The fraction of sp³-hybridized carbons (Fsp3) is 0.350. The van der Waals surface area contributed by atoms with Crippen molar-refractivity contribution in [2.45, 2.75) is 39.0 Å². The highest BCUT2D eigenvalue weighted by Gasteiger charge is 2.08. The van der Waals surface area contributed by atoms with Crippen LogP contribution in [0.5, 0.6) is 0 Å². The van der Waals surface area contributed by atoms with Crippen LogP contribution in [0.4, 0.5) is 5.82 Å². The van der Waals surface area contributed by atoms with Gasteiger partial charge in [-0.1, -0.05) is 17.7 Å². The van der Waals surface area contributed by atoms with Crippen LogP contribution in [0.3, 0.4) is 0 Å². The first kappa shape index (κ1) is 16.2. The van der Waals surface area contributed by atoms with Crippen molar-refractivity contribution in [2.75, 3.05) is 11.9 Å². The van der Waals surface area contributed by atoms with E-state index in [4.69, 9.17) is 0 Å². The Morgan fingerprint density at radius 2 is 2.12 bits per heavy atom. The molecule has 0 fully saturated rings. The minimum Gasteiger partial charge on any atom is -0.370 e. The van der Waals surface area contributed by atoms with Crippen molar-refractivity contribution >= 4 is 27.4 Å². The second-order valence-corrected chi connectivity index (χ2v) is 7.39. The lowest BCUT2D eigenvalue weighted by atomic mass is 9.97. The van der Waals surface area contributed by atoms with Crippen molar-refractivity contribution < 1.29 is 0 Å². The molecule has 1 aliphatic rings.